The molecule has 1 atom stereocenters. The summed E-state index contributed by atoms with van der Waals surface area (Å²) < 4.78 is 2.02. The summed E-state index contributed by atoms with van der Waals surface area (Å²) in [5, 5.41) is 11.2. The lowest BCUT2D eigenvalue weighted by Crippen LogP contribution is -2.22. The Morgan fingerprint density at radius 3 is 2.89 bits per heavy atom. The van der Waals surface area contributed by atoms with Crippen LogP contribution in [-0.2, 0) is 13.0 Å². The zero-order valence-corrected chi connectivity index (χ0v) is 12.7. The van der Waals surface area contributed by atoms with Crippen molar-refractivity contribution in [2.24, 2.45) is 0 Å². The van der Waals surface area contributed by atoms with E-state index in [-0.39, 0.29) is 0 Å². The Kier molecular flexibility index (Phi) is 5.10. The lowest BCUT2D eigenvalue weighted by Gasteiger charge is -2.14. The minimum atomic E-state index is 0.307. The molecule has 0 aromatic carbocycles. The van der Waals surface area contributed by atoms with E-state index in [0.717, 1.165) is 31.6 Å². The number of thiazole rings is 1. The monoisotopic (exact) mass is 278 g/mol. The molecule has 0 spiro atoms. The molecule has 19 heavy (non-hydrogen) atoms. The fourth-order valence-electron chi connectivity index (χ4n) is 2.14. The summed E-state index contributed by atoms with van der Waals surface area (Å²) >= 11 is 1.74. The van der Waals surface area contributed by atoms with Gasteiger partial charge in [-0.2, -0.15) is 5.10 Å². The minimum absolute atomic E-state index is 0.307. The highest BCUT2D eigenvalue weighted by Crippen LogP contribution is 2.20. The van der Waals surface area contributed by atoms with Gasteiger partial charge in [-0.25, -0.2) is 4.98 Å². The van der Waals surface area contributed by atoms with E-state index in [2.05, 4.69) is 40.8 Å². The number of nitrogens with one attached hydrogen (secondary N) is 1. The molecule has 0 aliphatic heterocycles. The van der Waals surface area contributed by atoms with Crippen molar-refractivity contribution in [3.05, 3.63) is 34.0 Å². The predicted octanol–water partition coefficient (Wildman–Crippen LogP) is 2.95. The molecule has 0 bridgehead atoms. The topological polar surface area (TPSA) is 42.7 Å². The largest absolute Gasteiger partial charge is 0.310 e. The normalized spacial score (nSPS) is 12.8. The minimum Gasteiger partial charge on any atom is -0.310 e. The fourth-order valence-corrected chi connectivity index (χ4v) is 2.96. The van der Waals surface area contributed by atoms with Crippen LogP contribution in [0.15, 0.2) is 17.8 Å². The molecule has 0 amide bonds. The van der Waals surface area contributed by atoms with E-state index in [9.17, 15) is 0 Å². The van der Waals surface area contributed by atoms with Crippen LogP contribution in [0.2, 0.25) is 0 Å². The van der Waals surface area contributed by atoms with Gasteiger partial charge < -0.3 is 5.32 Å². The first-order chi connectivity index (χ1) is 9.22. The van der Waals surface area contributed by atoms with Gasteiger partial charge in [-0.1, -0.05) is 13.8 Å². The van der Waals surface area contributed by atoms with Crippen LogP contribution in [-0.4, -0.2) is 21.3 Å². The quantitative estimate of drug-likeness (QED) is 0.846. The van der Waals surface area contributed by atoms with Crippen LogP contribution < -0.4 is 5.32 Å². The van der Waals surface area contributed by atoms with Crippen molar-refractivity contribution in [1.82, 2.24) is 20.1 Å². The van der Waals surface area contributed by atoms with Crippen molar-refractivity contribution in [1.29, 1.82) is 0 Å². The number of rotatable bonds is 7. The molecule has 2 aromatic rings. The Hall–Kier alpha value is -1.20. The summed E-state index contributed by atoms with van der Waals surface area (Å²) in [5.74, 6) is 0. The van der Waals surface area contributed by atoms with Crippen molar-refractivity contribution in [2.45, 2.75) is 46.2 Å². The van der Waals surface area contributed by atoms with E-state index in [1.165, 1.54) is 10.6 Å². The van der Waals surface area contributed by atoms with Crippen LogP contribution in [0.5, 0.6) is 0 Å². The Morgan fingerprint density at radius 1 is 1.42 bits per heavy atom. The third-order valence-corrected chi connectivity index (χ3v) is 3.99. The molecule has 104 valence electrons. The Bertz CT molecular complexity index is 503. The van der Waals surface area contributed by atoms with E-state index >= 15 is 0 Å². The molecule has 0 radical (unpaired) electrons. The molecule has 2 aromatic heterocycles. The summed E-state index contributed by atoms with van der Waals surface area (Å²) in [6.45, 7) is 8.28. The van der Waals surface area contributed by atoms with Gasteiger partial charge in [0.2, 0.25) is 0 Å². The highest BCUT2D eigenvalue weighted by atomic mass is 32.1. The summed E-state index contributed by atoms with van der Waals surface area (Å²) in [7, 11) is 0. The third kappa shape index (κ3) is 3.88. The Morgan fingerprint density at radius 2 is 2.26 bits per heavy atom. The SMILES string of the molecule is CCCn1cc(C(Cc2nc(C)cs2)NCC)cn1. The molecular formula is C14H22N4S. The average Bonchev–Trinajstić information content (AvgIpc) is 2.99. The van der Waals surface area contributed by atoms with Crippen LogP contribution in [0, 0.1) is 6.92 Å². The molecule has 1 unspecified atom stereocenters. The number of nitrogens with zero attached hydrogens (tertiary/aromatic N) is 3. The van der Waals surface area contributed by atoms with Crippen LogP contribution in [0.25, 0.3) is 0 Å². The standard InChI is InChI=1S/C14H22N4S/c1-4-6-18-9-12(8-16-18)13(15-5-2)7-14-17-11(3)10-19-14/h8-10,13,15H,4-7H2,1-3H3. The van der Waals surface area contributed by atoms with Gasteiger partial charge in [-0.15, -0.1) is 11.3 Å². The maximum absolute atomic E-state index is 4.55. The van der Waals surface area contributed by atoms with Gasteiger partial charge in [0.1, 0.15) is 0 Å². The van der Waals surface area contributed by atoms with Crippen LogP contribution >= 0.6 is 11.3 Å². The first-order valence-electron chi connectivity index (χ1n) is 6.89. The molecule has 1 N–H and O–H groups in total. The van der Waals surface area contributed by atoms with E-state index in [4.69, 9.17) is 0 Å². The fraction of sp³-hybridized carbons (Fsp3) is 0.571. The van der Waals surface area contributed by atoms with Gasteiger partial charge in [0.25, 0.3) is 0 Å². The zero-order valence-electron chi connectivity index (χ0n) is 11.9. The van der Waals surface area contributed by atoms with Crippen molar-refractivity contribution in [2.75, 3.05) is 6.54 Å². The molecule has 0 saturated carbocycles. The van der Waals surface area contributed by atoms with Gasteiger partial charge in [0.15, 0.2) is 0 Å². The van der Waals surface area contributed by atoms with Crippen LogP contribution in [0.3, 0.4) is 0 Å². The highest BCUT2D eigenvalue weighted by Gasteiger charge is 2.15. The maximum Gasteiger partial charge on any atom is 0.0947 e. The predicted molar refractivity (Wildman–Crippen MR) is 79.5 cm³/mol. The first-order valence-corrected chi connectivity index (χ1v) is 7.77. The summed E-state index contributed by atoms with van der Waals surface area (Å²) in [6.07, 6.45) is 6.17. The molecule has 0 aliphatic rings. The molecule has 0 saturated heterocycles. The number of aryl methyl sites for hydroxylation is 2. The lowest BCUT2D eigenvalue weighted by atomic mass is 10.1. The molecule has 4 nitrogen and oxygen atoms in total. The number of aromatic nitrogens is 3. The number of hydrogen-bond acceptors (Lipinski definition) is 4. The Balaban J connectivity index is 2.09. The maximum atomic E-state index is 4.55. The molecule has 5 heteroatoms. The second-order valence-corrected chi connectivity index (χ2v) is 5.68. The lowest BCUT2D eigenvalue weighted by molar-refractivity contribution is 0.545. The molecule has 2 rings (SSSR count). The average molecular weight is 278 g/mol. The summed E-state index contributed by atoms with van der Waals surface area (Å²) in [6, 6.07) is 0.307. The summed E-state index contributed by atoms with van der Waals surface area (Å²) in [5.41, 5.74) is 2.36. The first kappa shape index (κ1) is 14.2. The van der Waals surface area contributed by atoms with E-state index < -0.39 is 0 Å². The van der Waals surface area contributed by atoms with Gasteiger partial charge in [-0.05, 0) is 19.9 Å². The second kappa shape index (κ2) is 6.82. The number of hydrogen-bond donors (Lipinski definition) is 1. The van der Waals surface area contributed by atoms with Gasteiger partial charge in [-0.3, -0.25) is 4.68 Å². The second-order valence-electron chi connectivity index (χ2n) is 4.73. The number of likely N-dealkylation sites (N-methyl/N-ethyl adjacent to an activating group) is 1. The van der Waals surface area contributed by atoms with Gasteiger partial charge in [0, 0.05) is 41.8 Å². The highest BCUT2D eigenvalue weighted by molar-refractivity contribution is 7.09. The molecule has 0 fully saturated rings. The Labute approximate surface area is 118 Å². The molecular weight excluding hydrogens is 256 g/mol. The third-order valence-electron chi connectivity index (χ3n) is 3.00. The van der Waals surface area contributed by atoms with Crippen molar-refractivity contribution in [3.63, 3.8) is 0 Å². The van der Waals surface area contributed by atoms with E-state index in [1.54, 1.807) is 11.3 Å². The van der Waals surface area contributed by atoms with Crippen LogP contribution in [0.1, 0.15) is 42.6 Å². The van der Waals surface area contributed by atoms with Gasteiger partial charge >= 0.3 is 0 Å². The summed E-state index contributed by atoms with van der Waals surface area (Å²) in [4.78, 5) is 4.55. The van der Waals surface area contributed by atoms with Crippen LogP contribution in [0.4, 0.5) is 0 Å². The van der Waals surface area contributed by atoms with Crippen molar-refractivity contribution in [3.8, 4) is 0 Å². The van der Waals surface area contributed by atoms with Crippen molar-refractivity contribution < 1.29 is 0 Å². The zero-order chi connectivity index (χ0) is 13.7. The molecule has 2 heterocycles. The van der Waals surface area contributed by atoms with E-state index in [1.807, 2.05) is 17.8 Å². The van der Waals surface area contributed by atoms with E-state index in [0.29, 0.717) is 6.04 Å². The smallest absolute Gasteiger partial charge is 0.0947 e. The molecule has 0 aliphatic carbocycles. The van der Waals surface area contributed by atoms with Crippen molar-refractivity contribution >= 4 is 11.3 Å². The van der Waals surface area contributed by atoms with Gasteiger partial charge in [0.05, 0.1) is 11.2 Å².